The highest BCUT2D eigenvalue weighted by atomic mass is 15.2. The van der Waals surface area contributed by atoms with Crippen LogP contribution in [0.2, 0.25) is 0 Å². The fraction of sp³-hybridized carbons (Fsp3) is 0.636. The summed E-state index contributed by atoms with van der Waals surface area (Å²) in [7, 11) is 0. The van der Waals surface area contributed by atoms with E-state index in [2.05, 4.69) is 36.3 Å². The van der Waals surface area contributed by atoms with Crippen molar-refractivity contribution >= 4 is 5.82 Å². The fourth-order valence-electron chi connectivity index (χ4n) is 1.20. The Balaban J connectivity index is 2.56. The Morgan fingerprint density at radius 2 is 2.00 bits per heavy atom. The summed E-state index contributed by atoms with van der Waals surface area (Å²) in [5.74, 6) is 1.52. The van der Waals surface area contributed by atoms with E-state index in [4.69, 9.17) is 0 Å². The van der Waals surface area contributed by atoms with Crippen molar-refractivity contribution in [3.8, 4) is 0 Å². The third-order valence-corrected chi connectivity index (χ3v) is 2.67. The Kier molecular flexibility index (Phi) is 3.86. The molecule has 2 atom stereocenters. The monoisotopic (exact) mass is 193 g/mol. The van der Waals surface area contributed by atoms with Gasteiger partial charge in [0, 0.05) is 6.04 Å². The second-order valence-corrected chi connectivity index (χ2v) is 3.88. The minimum atomic E-state index is 0.442. The van der Waals surface area contributed by atoms with Crippen LogP contribution in [0.15, 0.2) is 12.1 Å². The van der Waals surface area contributed by atoms with Crippen molar-refractivity contribution in [3.05, 3.63) is 17.8 Å². The van der Waals surface area contributed by atoms with Gasteiger partial charge in [0.15, 0.2) is 0 Å². The highest BCUT2D eigenvalue weighted by molar-refractivity contribution is 5.33. The van der Waals surface area contributed by atoms with Crippen LogP contribution in [0.1, 0.15) is 32.9 Å². The average molecular weight is 193 g/mol. The molecule has 0 saturated heterocycles. The molecule has 14 heavy (non-hydrogen) atoms. The predicted molar refractivity (Wildman–Crippen MR) is 59.3 cm³/mol. The molecule has 3 nitrogen and oxygen atoms in total. The molecule has 0 saturated carbocycles. The Morgan fingerprint density at radius 1 is 1.29 bits per heavy atom. The standard InChI is InChI=1S/C11H19N3/c1-5-8(2)10(4)12-11-7-6-9(3)13-14-11/h6-8,10H,5H2,1-4H3,(H,12,14). The van der Waals surface area contributed by atoms with Crippen molar-refractivity contribution in [2.24, 2.45) is 5.92 Å². The van der Waals surface area contributed by atoms with Gasteiger partial charge >= 0.3 is 0 Å². The molecular weight excluding hydrogens is 174 g/mol. The zero-order valence-electron chi connectivity index (χ0n) is 9.41. The second-order valence-electron chi connectivity index (χ2n) is 3.88. The molecule has 0 amide bonds. The second kappa shape index (κ2) is 4.94. The number of hydrogen-bond donors (Lipinski definition) is 1. The largest absolute Gasteiger partial charge is 0.366 e. The highest BCUT2D eigenvalue weighted by Gasteiger charge is 2.09. The third-order valence-electron chi connectivity index (χ3n) is 2.67. The van der Waals surface area contributed by atoms with E-state index in [1.54, 1.807) is 0 Å². The summed E-state index contributed by atoms with van der Waals surface area (Å²) in [6.07, 6.45) is 1.17. The van der Waals surface area contributed by atoms with Crippen LogP contribution in [0.25, 0.3) is 0 Å². The van der Waals surface area contributed by atoms with E-state index in [0.717, 1.165) is 11.5 Å². The number of nitrogens with one attached hydrogen (secondary N) is 1. The first kappa shape index (κ1) is 11.0. The van der Waals surface area contributed by atoms with Gasteiger partial charge in [-0.1, -0.05) is 20.3 Å². The molecule has 0 aliphatic carbocycles. The Morgan fingerprint density at radius 3 is 2.50 bits per heavy atom. The smallest absolute Gasteiger partial charge is 0.148 e. The predicted octanol–water partition coefficient (Wildman–Crippen LogP) is 2.63. The van der Waals surface area contributed by atoms with Crippen molar-refractivity contribution < 1.29 is 0 Å². The molecule has 0 radical (unpaired) electrons. The summed E-state index contributed by atoms with van der Waals surface area (Å²) < 4.78 is 0. The van der Waals surface area contributed by atoms with Gasteiger partial charge in [0.05, 0.1) is 5.69 Å². The summed E-state index contributed by atoms with van der Waals surface area (Å²) in [5, 5.41) is 11.4. The molecule has 0 fully saturated rings. The van der Waals surface area contributed by atoms with E-state index in [-0.39, 0.29) is 0 Å². The van der Waals surface area contributed by atoms with Crippen molar-refractivity contribution in [1.82, 2.24) is 10.2 Å². The topological polar surface area (TPSA) is 37.8 Å². The van der Waals surface area contributed by atoms with Gasteiger partial charge in [0.25, 0.3) is 0 Å². The first-order chi connectivity index (χ1) is 6.63. The van der Waals surface area contributed by atoms with Gasteiger partial charge in [-0.15, -0.1) is 5.10 Å². The zero-order valence-corrected chi connectivity index (χ0v) is 9.41. The summed E-state index contributed by atoms with van der Waals surface area (Å²) >= 11 is 0. The lowest BCUT2D eigenvalue weighted by molar-refractivity contribution is 0.493. The lowest BCUT2D eigenvalue weighted by Crippen LogP contribution is -2.23. The van der Waals surface area contributed by atoms with Gasteiger partial charge in [-0.25, -0.2) is 0 Å². The lowest BCUT2D eigenvalue weighted by atomic mass is 10.0. The van der Waals surface area contributed by atoms with E-state index >= 15 is 0 Å². The van der Waals surface area contributed by atoms with Crippen LogP contribution in [-0.2, 0) is 0 Å². The van der Waals surface area contributed by atoms with Crippen molar-refractivity contribution in [1.29, 1.82) is 0 Å². The first-order valence-corrected chi connectivity index (χ1v) is 5.20. The van der Waals surface area contributed by atoms with E-state index in [9.17, 15) is 0 Å². The van der Waals surface area contributed by atoms with E-state index in [0.29, 0.717) is 12.0 Å². The van der Waals surface area contributed by atoms with Crippen molar-refractivity contribution in [3.63, 3.8) is 0 Å². The molecule has 3 heteroatoms. The molecule has 0 aliphatic rings. The van der Waals surface area contributed by atoms with Gasteiger partial charge in [0.1, 0.15) is 5.82 Å². The summed E-state index contributed by atoms with van der Waals surface area (Å²) in [6, 6.07) is 4.39. The molecule has 1 aromatic heterocycles. The number of hydrogen-bond acceptors (Lipinski definition) is 3. The molecule has 0 bridgehead atoms. The molecule has 2 unspecified atom stereocenters. The molecule has 0 aromatic carbocycles. The van der Waals surface area contributed by atoms with Crippen LogP contribution in [0, 0.1) is 12.8 Å². The van der Waals surface area contributed by atoms with Crippen LogP contribution >= 0.6 is 0 Å². The van der Waals surface area contributed by atoms with Crippen LogP contribution in [-0.4, -0.2) is 16.2 Å². The Bertz CT molecular complexity index is 268. The summed E-state index contributed by atoms with van der Waals surface area (Å²) in [6.45, 7) is 8.55. The number of aryl methyl sites for hydroxylation is 1. The molecule has 0 aliphatic heterocycles. The van der Waals surface area contributed by atoms with E-state index in [1.807, 2.05) is 19.1 Å². The van der Waals surface area contributed by atoms with Crippen molar-refractivity contribution in [2.45, 2.75) is 40.2 Å². The fourth-order valence-corrected chi connectivity index (χ4v) is 1.20. The van der Waals surface area contributed by atoms with Crippen LogP contribution < -0.4 is 5.32 Å². The Labute approximate surface area is 85.9 Å². The molecule has 1 aromatic rings. The average Bonchev–Trinajstić information content (AvgIpc) is 2.20. The molecule has 78 valence electrons. The summed E-state index contributed by atoms with van der Waals surface area (Å²) in [5.41, 5.74) is 0.951. The first-order valence-electron chi connectivity index (χ1n) is 5.20. The van der Waals surface area contributed by atoms with Crippen molar-refractivity contribution in [2.75, 3.05) is 5.32 Å². The maximum Gasteiger partial charge on any atom is 0.148 e. The molecular formula is C11H19N3. The van der Waals surface area contributed by atoms with E-state index < -0.39 is 0 Å². The third kappa shape index (κ3) is 2.98. The van der Waals surface area contributed by atoms with Gasteiger partial charge in [-0.05, 0) is 31.9 Å². The minimum absolute atomic E-state index is 0.442. The maximum atomic E-state index is 4.07. The molecule has 1 rings (SSSR count). The molecule has 1 heterocycles. The van der Waals surface area contributed by atoms with Gasteiger partial charge in [-0.2, -0.15) is 5.10 Å². The lowest BCUT2D eigenvalue weighted by Gasteiger charge is -2.19. The normalized spacial score (nSPS) is 14.9. The van der Waals surface area contributed by atoms with E-state index in [1.165, 1.54) is 6.42 Å². The number of aromatic nitrogens is 2. The highest BCUT2D eigenvalue weighted by Crippen LogP contribution is 2.12. The number of anilines is 1. The Hall–Kier alpha value is -1.12. The quantitative estimate of drug-likeness (QED) is 0.798. The molecule has 0 spiro atoms. The number of nitrogens with zero attached hydrogens (tertiary/aromatic N) is 2. The van der Waals surface area contributed by atoms with Crippen LogP contribution in [0.3, 0.4) is 0 Å². The summed E-state index contributed by atoms with van der Waals surface area (Å²) in [4.78, 5) is 0. The molecule has 1 N–H and O–H groups in total. The van der Waals surface area contributed by atoms with Gasteiger partial charge in [-0.3, -0.25) is 0 Å². The van der Waals surface area contributed by atoms with Crippen LogP contribution in [0.4, 0.5) is 5.82 Å². The van der Waals surface area contributed by atoms with Gasteiger partial charge in [0.2, 0.25) is 0 Å². The minimum Gasteiger partial charge on any atom is -0.366 e. The van der Waals surface area contributed by atoms with Crippen LogP contribution in [0.5, 0.6) is 0 Å². The van der Waals surface area contributed by atoms with Gasteiger partial charge < -0.3 is 5.32 Å². The SMILES string of the molecule is CCC(C)C(C)Nc1ccc(C)nn1. The zero-order chi connectivity index (χ0) is 10.6. The number of rotatable bonds is 4. The maximum absolute atomic E-state index is 4.07.